The van der Waals surface area contributed by atoms with Crippen LogP contribution in [0.4, 0.5) is 8.78 Å². The molecule has 0 aliphatic carbocycles. The zero-order chi connectivity index (χ0) is 26.2. The molecule has 1 fully saturated rings. The van der Waals surface area contributed by atoms with E-state index in [1.54, 1.807) is 11.0 Å². The molecule has 1 atom stereocenters. The Labute approximate surface area is 212 Å². The molecule has 2 N–H and O–H groups in total. The summed E-state index contributed by atoms with van der Waals surface area (Å²) in [4.78, 5) is 26.1. The van der Waals surface area contributed by atoms with Gasteiger partial charge in [0.2, 0.25) is 5.43 Å². The largest absolute Gasteiger partial charge is 0.502 e. The number of halogens is 2. The number of nitrogens with zero attached hydrogens (tertiary/aromatic N) is 2. The number of benzene rings is 2. The summed E-state index contributed by atoms with van der Waals surface area (Å²) in [7, 11) is 0. The SMILES string of the molecule is CC.Cc1ccccc1SCc1cccc(F)c1F.O=C1c2c(O)c(=O)ccn2NC2COCCN12. The molecule has 1 amide bonds. The normalized spacial score (nSPS) is 15.9. The number of thioether (sulfide) groups is 1. The van der Waals surface area contributed by atoms with Gasteiger partial charge in [-0.15, -0.1) is 11.8 Å². The Morgan fingerprint density at radius 2 is 1.86 bits per heavy atom. The zero-order valence-electron chi connectivity index (χ0n) is 20.3. The van der Waals surface area contributed by atoms with Gasteiger partial charge in [0, 0.05) is 35.0 Å². The van der Waals surface area contributed by atoms with Crippen LogP contribution in [0.3, 0.4) is 0 Å². The Morgan fingerprint density at radius 3 is 2.61 bits per heavy atom. The molecule has 5 rings (SSSR count). The molecular weight excluding hydrogens is 488 g/mol. The van der Waals surface area contributed by atoms with Crippen molar-refractivity contribution in [3.05, 3.63) is 93.4 Å². The van der Waals surface area contributed by atoms with Crippen LogP contribution in [0.5, 0.6) is 5.75 Å². The predicted molar refractivity (Wildman–Crippen MR) is 136 cm³/mol. The van der Waals surface area contributed by atoms with Gasteiger partial charge in [-0.2, -0.15) is 0 Å². The van der Waals surface area contributed by atoms with E-state index in [0.29, 0.717) is 31.1 Å². The van der Waals surface area contributed by atoms with Crippen LogP contribution in [0, 0.1) is 18.6 Å². The fourth-order valence-corrected chi connectivity index (χ4v) is 4.63. The summed E-state index contributed by atoms with van der Waals surface area (Å²) in [6, 6.07) is 13.4. The number of aromatic nitrogens is 1. The highest BCUT2D eigenvalue weighted by atomic mass is 32.2. The van der Waals surface area contributed by atoms with Gasteiger partial charge in [0.1, 0.15) is 6.17 Å². The minimum absolute atomic E-state index is 0.0179. The van der Waals surface area contributed by atoms with Crippen LogP contribution in [0.15, 0.2) is 64.4 Å². The van der Waals surface area contributed by atoms with Crippen molar-refractivity contribution in [2.45, 2.75) is 37.6 Å². The van der Waals surface area contributed by atoms with Crippen LogP contribution >= 0.6 is 11.8 Å². The summed E-state index contributed by atoms with van der Waals surface area (Å²) in [5.41, 5.74) is 3.97. The van der Waals surface area contributed by atoms with Crippen LogP contribution in [-0.4, -0.2) is 46.5 Å². The molecule has 7 nitrogen and oxygen atoms in total. The van der Waals surface area contributed by atoms with Gasteiger partial charge in [-0.1, -0.05) is 44.2 Å². The first-order chi connectivity index (χ1) is 17.4. The second-order valence-corrected chi connectivity index (χ2v) is 8.75. The Kier molecular flexibility index (Phi) is 9.49. The summed E-state index contributed by atoms with van der Waals surface area (Å²) in [5, 5.41) is 9.65. The second kappa shape index (κ2) is 12.5. The Balaban J connectivity index is 0.000000188. The maximum Gasteiger partial charge on any atom is 0.278 e. The molecular formula is C26H29F2N3O4S. The van der Waals surface area contributed by atoms with Crippen LogP contribution in [0.25, 0.3) is 0 Å². The number of hydrogen-bond acceptors (Lipinski definition) is 6. The minimum atomic E-state index is -0.784. The average Bonchev–Trinajstić information content (AvgIpc) is 2.90. The number of aryl methyl sites for hydroxylation is 1. The smallest absolute Gasteiger partial charge is 0.278 e. The number of aromatic hydroxyl groups is 1. The average molecular weight is 518 g/mol. The molecule has 2 aromatic carbocycles. The van der Waals surface area contributed by atoms with E-state index in [4.69, 9.17) is 4.74 Å². The predicted octanol–water partition coefficient (Wildman–Crippen LogP) is 4.50. The highest BCUT2D eigenvalue weighted by Gasteiger charge is 2.36. The van der Waals surface area contributed by atoms with E-state index in [2.05, 4.69) is 5.43 Å². The van der Waals surface area contributed by atoms with Gasteiger partial charge in [-0.3, -0.25) is 14.3 Å². The molecule has 2 aliphatic heterocycles. The summed E-state index contributed by atoms with van der Waals surface area (Å²) in [5.74, 6) is -1.96. The van der Waals surface area contributed by atoms with Gasteiger partial charge in [0.15, 0.2) is 23.1 Å². The van der Waals surface area contributed by atoms with Crippen molar-refractivity contribution >= 4 is 17.7 Å². The molecule has 192 valence electrons. The highest BCUT2D eigenvalue weighted by molar-refractivity contribution is 7.98. The Bertz CT molecular complexity index is 1270. The summed E-state index contributed by atoms with van der Waals surface area (Å²) < 4.78 is 33.0. The van der Waals surface area contributed by atoms with Crippen molar-refractivity contribution in [2.24, 2.45) is 0 Å². The van der Waals surface area contributed by atoms with Gasteiger partial charge in [0.05, 0.1) is 13.2 Å². The van der Waals surface area contributed by atoms with Crippen molar-refractivity contribution in [3.8, 4) is 5.75 Å². The number of amides is 1. The molecule has 1 aromatic heterocycles. The standard InChI is InChI=1S/C14H12F2S.C10H11N3O4.C2H6/c1-10-5-2-3-8-13(10)17-9-11-6-4-7-12(15)14(11)16;14-6-1-2-13-8(9(6)15)10(16)12-3-4-17-5-7(12)11-13;1-2/h2-8H,9H2,1H3;1-2,7,11,15H,3-5H2;1-2H3. The molecule has 0 saturated carbocycles. The van der Waals surface area contributed by atoms with Crippen LogP contribution in [0.2, 0.25) is 0 Å². The first-order valence-electron chi connectivity index (χ1n) is 11.6. The van der Waals surface area contributed by atoms with E-state index in [1.807, 2.05) is 45.0 Å². The zero-order valence-corrected chi connectivity index (χ0v) is 21.1. The number of rotatable bonds is 3. The third-order valence-corrected chi connectivity index (χ3v) is 6.69. The third kappa shape index (κ3) is 6.06. The quantitative estimate of drug-likeness (QED) is 0.498. The highest BCUT2D eigenvalue weighted by Crippen LogP contribution is 2.27. The molecule has 0 bridgehead atoms. The second-order valence-electron chi connectivity index (χ2n) is 7.73. The van der Waals surface area contributed by atoms with Crippen LogP contribution in [0.1, 0.15) is 35.5 Å². The number of carbonyl (C=O) groups excluding carboxylic acids is 1. The van der Waals surface area contributed by atoms with E-state index >= 15 is 0 Å². The molecule has 3 heterocycles. The van der Waals surface area contributed by atoms with Gasteiger partial charge in [-0.25, -0.2) is 8.78 Å². The summed E-state index contributed by atoms with van der Waals surface area (Å²) in [6.45, 7) is 7.29. The summed E-state index contributed by atoms with van der Waals surface area (Å²) in [6.07, 6.45) is 1.17. The van der Waals surface area contributed by atoms with Gasteiger partial charge < -0.3 is 20.2 Å². The lowest BCUT2D eigenvalue weighted by Crippen LogP contribution is -2.59. The number of pyridine rings is 1. The minimum Gasteiger partial charge on any atom is -0.502 e. The van der Waals surface area contributed by atoms with Crippen LogP contribution < -0.4 is 10.9 Å². The fourth-order valence-electron chi connectivity index (χ4n) is 3.62. The maximum atomic E-state index is 13.4. The molecule has 36 heavy (non-hydrogen) atoms. The van der Waals surface area contributed by atoms with E-state index in [0.717, 1.165) is 16.5 Å². The lowest BCUT2D eigenvalue weighted by atomic mass is 10.2. The van der Waals surface area contributed by atoms with Crippen molar-refractivity contribution in [1.29, 1.82) is 0 Å². The van der Waals surface area contributed by atoms with Crippen molar-refractivity contribution in [1.82, 2.24) is 9.58 Å². The number of ether oxygens (including phenoxy) is 1. The maximum absolute atomic E-state index is 13.4. The molecule has 1 unspecified atom stereocenters. The Hall–Kier alpha value is -3.37. The molecule has 0 spiro atoms. The third-order valence-electron chi connectivity index (χ3n) is 5.46. The molecule has 2 aliphatic rings. The van der Waals surface area contributed by atoms with Crippen LogP contribution in [-0.2, 0) is 10.5 Å². The van der Waals surface area contributed by atoms with Crippen molar-refractivity contribution in [2.75, 3.05) is 25.2 Å². The van der Waals surface area contributed by atoms with E-state index < -0.39 is 22.8 Å². The first-order valence-corrected chi connectivity index (χ1v) is 12.6. The first kappa shape index (κ1) is 27.2. The number of nitrogens with one attached hydrogen (secondary N) is 1. The Morgan fingerprint density at radius 1 is 1.11 bits per heavy atom. The van der Waals surface area contributed by atoms with Crippen molar-refractivity contribution in [3.63, 3.8) is 0 Å². The lowest BCUT2D eigenvalue weighted by molar-refractivity contribution is -0.00314. The topological polar surface area (TPSA) is 83.8 Å². The monoisotopic (exact) mass is 517 g/mol. The molecule has 1 saturated heterocycles. The number of morpholine rings is 1. The molecule has 3 aromatic rings. The van der Waals surface area contributed by atoms with Gasteiger partial charge >= 0.3 is 0 Å². The number of carbonyl (C=O) groups is 1. The van der Waals surface area contributed by atoms with Gasteiger partial charge in [0.25, 0.3) is 5.91 Å². The molecule has 10 heteroatoms. The van der Waals surface area contributed by atoms with Crippen molar-refractivity contribution < 1.29 is 23.4 Å². The van der Waals surface area contributed by atoms with Gasteiger partial charge in [-0.05, 0) is 24.6 Å². The fraction of sp³-hybridized carbons (Fsp3) is 0.308. The number of fused-ring (bicyclic) bond motifs is 2. The van der Waals surface area contributed by atoms with E-state index in [-0.39, 0.29) is 17.8 Å². The molecule has 0 radical (unpaired) electrons. The number of hydrogen-bond donors (Lipinski definition) is 2. The summed E-state index contributed by atoms with van der Waals surface area (Å²) >= 11 is 1.52. The van der Waals surface area contributed by atoms with E-state index in [1.165, 1.54) is 34.8 Å². The lowest BCUT2D eigenvalue weighted by Gasteiger charge is -2.41. The van der Waals surface area contributed by atoms with E-state index in [9.17, 15) is 23.5 Å².